The van der Waals surface area contributed by atoms with Gasteiger partial charge in [-0.1, -0.05) is 42.0 Å². The summed E-state index contributed by atoms with van der Waals surface area (Å²) in [6, 6.07) is 19.2. The summed E-state index contributed by atoms with van der Waals surface area (Å²) < 4.78 is 12.9. The Kier molecular flexibility index (Phi) is 2.63. The third-order valence-electron chi connectivity index (χ3n) is 5.39. The van der Waals surface area contributed by atoms with Crippen LogP contribution in [0.2, 0.25) is 0 Å². The standard InChI is InChI=1S/C22H20O2/c1-13-8-10-17-16(12-13)21-20(22(2,3)24-17)19-15-7-5-4-6-14(15)9-11-18(19)23-21/h4-12,20-21H,1-3H3/t20-,21-/m0/s1. The first-order chi connectivity index (χ1) is 11.5. The Balaban J connectivity index is 1.79. The Hall–Kier alpha value is -2.48. The van der Waals surface area contributed by atoms with Gasteiger partial charge in [0.1, 0.15) is 23.2 Å². The average molecular weight is 316 g/mol. The van der Waals surface area contributed by atoms with Gasteiger partial charge in [-0.05, 0) is 49.7 Å². The summed E-state index contributed by atoms with van der Waals surface area (Å²) in [5.41, 5.74) is 3.37. The molecule has 0 saturated carbocycles. The second-order valence-electron chi connectivity index (χ2n) is 7.46. The molecule has 0 amide bonds. The molecular weight excluding hydrogens is 296 g/mol. The highest BCUT2D eigenvalue weighted by Crippen LogP contribution is 2.58. The summed E-state index contributed by atoms with van der Waals surface area (Å²) in [7, 11) is 0. The van der Waals surface area contributed by atoms with E-state index in [1.807, 2.05) is 0 Å². The van der Waals surface area contributed by atoms with Crippen LogP contribution in [-0.2, 0) is 0 Å². The summed E-state index contributed by atoms with van der Waals surface area (Å²) in [6.45, 7) is 6.47. The van der Waals surface area contributed by atoms with Crippen LogP contribution in [0.15, 0.2) is 54.6 Å². The van der Waals surface area contributed by atoms with Crippen LogP contribution in [0.25, 0.3) is 10.8 Å². The van der Waals surface area contributed by atoms with Crippen LogP contribution in [0.1, 0.15) is 42.6 Å². The molecule has 0 aromatic heterocycles. The molecule has 24 heavy (non-hydrogen) atoms. The molecule has 2 aliphatic heterocycles. The van der Waals surface area contributed by atoms with Gasteiger partial charge in [0.25, 0.3) is 0 Å². The molecule has 0 aliphatic carbocycles. The Bertz CT molecular complexity index is 971. The van der Waals surface area contributed by atoms with Crippen molar-refractivity contribution in [2.24, 2.45) is 0 Å². The number of fused-ring (bicyclic) bond motifs is 7. The fraction of sp³-hybridized carbons (Fsp3) is 0.273. The van der Waals surface area contributed by atoms with Crippen LogP contribution in [0.4, 0.5) is 0 Å². The van der Waals surface area contributed by atoms with E-state index in [2.05, 4.69) is 75.4 Å². The van der Waals surface area contributed by atoms with Crippen LogP contribution >= 0.6 is 0 Å². The number of aryl methyl sites for hydroxylation is 1. The molecule has 2 heteroatoms. The van der Waals surface area contributed by atoms with Gasteiger partial charge in [-0.2, -0.15) is 0 Å². The average Bonchev–Trinajstić information content (AvgIpc) is 2.97. The Morgan fingerprint density at radius 1 is 0.917 bits per heavy atom. The highest BCUT2D eigenvalue weighted by Gasteiger charge is 2.51. The van der Waals surface area contributed by atoms with E-state index in [0.29, 0.717) is 0 Å². The van der Waals surface area contributed by atoms with Crippen LogP contribution in [0.3, 0.4) is 0 Å². The molecule has 3 aromatic carbocycles. The number of benzene rings is 3. The normalized spacial score (nSPS) is 23.0. The quantitative estimate of drug-likeness (QED) is 0.542. The maximum Gasteiger partial charge on any atom is 0.138 e. The first-order valence-electron chi connectivity index (χ1n) is 8.52. The van der Waals surface area contributed by atoms with Gasteiger partial charge >= 0.3 is 0 Å². The lowest BCUT2D eigenvalue weighted by molar-refractivity contribution is 0.0132. The zero-order valence-corrected chi connectivity index (χ0v) is 14.2. The number of hydrogen-bond donors (Lipinski definition) is 0. The summed E-state index contributed by atoms with van der Waals surface area (Å²) in [6.07, 6.45) is 0.0180. The molecule has 0 N–H and O–H groups in total. The van der Waals surface area contributed by atoms with E-state index in [9.17, 15) is 0 Å². The lowest BCUT2D eigenvalue weighted by Crippen LogP contribution is -2.42. The van der Waals surface area contributed by atoms with Crippen molar-refractivity contribution in [3.63, 3.8) is 0 Å². The molecular formula is C22H20O2. The van der Waals surface area contributed by atoms with E-state index in [4.69, 9.17) is 9.47 Å². The van der Waals surface area contributed by atoms with Gasteiger partial charge in [0.15, 0.2) is 0 Å². The minimum Gasteiger partial charge on any atom is -0.487 e. The summed E-state index contributed by atoms with van der Waals surface area (Å²) in [5, 5.41) is 2.53. The van der Waals surface area contributed by atoms with Crippen molar-refractivity contribution >= 4 is 10.8 Å². The third-order valence-corrected chi connectivity index (χ3v) is 5.39. The topological polar surface area (TPSA) is 18.5 Å². The largest absolute Gasteiger partial charge is 0.487 e. The second-order valence-corrected chi connectivity index (χ2v) is 7.46. The van der Waals surface area contributed by atoms with Crippen molar-refractivity contribution in [1.29, 1.82) is 0 Å². The Morgan fingerprint density at radius 2 is 1.71 bits per heavy atom. The van der Waals surface area contributed by atoms with Gasteiger partial charge in [-0.15, -0.1) is 0 Å². The minimum atomic E-state index is -0.317. The molecule has 0 radical (unpaired) electrons. The lowest BCUT2D eigenvalue weighted by Gasteiger charge is -2.41. The predicted octanol–water partition coefficient (Wildman–Crippen LogP) is 5.54. The smallest absolute Gasteiger partial charge is 0.138 e. The fourth-order valence-corrected chi connectivity index (χ4v) is 4.34. The van der Waals surface area contributed by atoms with Crippen molar-refractivity contribution in [2.75, 3.05) is 0 Å². The zero-order chi connectivity index (χ0) is 16.5. The number of hydrogen-bond acceptors (Lipinski definition) is 2. The SMILES string of the molecule is Cc1ccc2c(c1)[C@@H]1Oc3ccc4ccccc4c3[C@@H]1C(C)(C)O2. The van der Waals surface area contributed by atoms with Gasteiger partial charge in [0, 0.05) is 11.1 Å². The number of rotatable bonds is 0. The van der Waals surface area contributed by atoms with E-state index in [1.54, 1.807) is 0 Å². The first kappa shape index (κ1) is 13.9. The van der Waals surface area contributed by atoms with Crippen molar-refractivity contribution in [3.8, 4) is 11.5 Å². The molecule has 120 valence electrons. The van der Waals surface area contributed by atoms with Gasteiger partial charge in [0.2, 0.25) is 0 Å². The molecule has 2 aliphatic rings. The van der Waals surface area contributed by atoms with Crippen LogP contribution in [0.5, 0.6) is 11.5 Å². The molecule has 2 atom stereocenters. The summed E-state index contributed by atoms with van der Waals surface area (Å²) >= 11 is 0. The van der Waals surface area contributed by atoms with Crippen molar-refractivity contribution in [1.82, 2.24) is 0 Å². The van der Waals surface area contributed by atoms with E-state index < -0.39 is 0 Å². The fourth-order valence-electron chi connectivity index (χ4n) is 4.34. The zero-order valence-electron chi connectivity index (χ0n) is 14.2. The number of ether oxygens (including phenoxy) is 2. The summed E-state index contributed by atoms with van der Waals surface area (Å²) in [5.74, 6) is 2.13. The monoisotopic (exact) mass is 316 g/mol. The second kappa shape index (κ2) is 4.54. The molecule has 2 heterocycles. The third kappa shape index (κ3) is 1.77. The highest BCUT2D eigenvalue weighted by molar-refractivity contribution is 5.89. The Labute approximate surface area is 142 Å². The van der Waals surface area contributed by atoms with Gasteiger partial charge < -0.3 is 9.47 Å². The molecule has 0 unspecified atom stereocenters. The minimum absolute atomic E-state index is 0.0180. The van der Waals surface area contributed by atoms with E-state index in [1.165, 1.54) is 27.5 Å². The van der Waals surface area contributed by atoms with Crippen molar-refractivity contribution < 1.29 is 9.47 Å². The van der Waals surface area contributed by atoms with Crippen LogP contribution in [0, 0.1) is 6.92 Å². The Morgan fingerprint density at radius 3 is 2.58 bits per heavy atom. The van der Waals surface area contributed by atoms with E-state index >= 15 is 0 Å². The lowest BCUT2D eigenvalue weighted by atomic mass is 9.75. The molecule has 0 fully saturated rings. The van der Waals surface area contributed by atoms with Crippen molar-refractivity contribution in [3.05, 3.63) is 71.3 Å². The maximum absolute atomic E-state index is 6.46. The van der Waals surface area contributed by atoms with Gasteiger partial charge in [-0.3, -0.25) is 0 Å². The van der Waals surface area contributed by atoms with E-state index in [-0.39, 0.29) is 17.6 Å². The molecule has 3 aromatic rings. The molecule has 0 spiro atoms. The predicted molar refractivity (Wildman–Crippen MR) is 95.9 cm³/mol. The van der Waals surface area contributed by atoms with Gasteiger partial charge in [-0.25, -0.2) is 0 Å². The van der Waals surface area contributed by atoms with Gasteiger partial charge in [0.05, 0.1) is 5.92 Å². The molecule has 0 saturated heterocycles. The van der Waals surface area contributed by atoms with Crippen LogP contribution < -0.4 is 9.47 Å². The van der Waals surface area contributed by atoms with Crippen molar-refractivity contribution in [2.45, 2.75) is 38.4 Å². The van der Waals surface area contributed by atoms with E-state index in [0.717, 1.165) is 11.5 Å². The molecule has 0 bridgehead atoms. The molecule has 2 nitrogen and oxygen atoms in total. The maximum atomic E-state index is 6.46. The highest BCUT2D eigenvalue weighted by atomic mass is 16.5. The molecule has 5 rings (SSSR count). The summed E-state index contributed by atoms with van der Waals surface area (Å²) in [4.78, 5) is 0. The first-order valence-corrected chi connectivity index (χ1v) is 8.52. The van der Waals surface area contributed by atoms with Crippen LogP contribution in [-0.4, -0.2) is 5.60 Å².